The summed E-state index contributed by atoms with van der Waals surface area (Å²) in [6.07, 6.45) is 2.30. The number of aliphatic hydroxyl groups is 1. The highest BCUT2D eigenvalue weighted by Gasteiger charge is 2.32. The Hall–Kier alpha value is -2.22. The number of likely N-dealkylation sites (tertiary alicyclic amines) is 1. The molecule has 0 spiro atoms. The van der Waals surface area contributed by atoms with E-state index in [1.807, 2.05) is 43.5 Å². The molecule has 1 aromatic carbocycles. The van der Waals surface area contributed by atoms with E-state index in [1.165, 1.54) is 4.88 Å². The quantitative estimate of drug-likeness (QED) is 0.703. The Morgan fingerprint density at radius 1 is 1.33 bits per heavy atom. The molecule has 1 fully saturated rings. The van der Waals surface area contributed by atoms with E-state index < -0.39 is 0 Å². The standard InChI is InChI=1S/C20H23N3O3S/c1-13-6-17(26-22-13)8-15-10-23(12-19(15)24)11-18-9-21-20(27-18)14-4-3-5-16(7-14)25-2/h3-7,9,15,19,24H,8,10-12H2,1-2H3/t15-,19+/m1/s1. The summed E-state index contributed by atoms with van der Waals surface area (Å²) in [5.41, 5.74) is 1.94. The second kappa shape index (κ2) is 7.80. The minimum atomic E-state index is -0.346. The van der Waals surface area contributed by atoms with Crippen LogP contribution in [-0.4, -0.2) is 46.5 Å². The summed E-state index contributed by atoms with van der Waals surface area (Å²) in [4.78, 5) is 8.03. The Bertz CT molecular complexity index is 907. The number of aryl methyl sites for hydroxylation is 1. The largest absolute Gasteiger partial charge is 0.497 e. The van der Waals surface area contributed by atoms with Crippen molar-refractivity contribution in [2.24, 2.45) is 5.92 Å². The zero-order chi connectivity index (χ0) is 18.8. The Kier molecular flexibility index (Phi) is 5.24. The molecule has 6 nitrogen and oxygen atoms in total. The molecule has 1 aliphatic heterocycles. The fourth-order valence-electron chi connectivity index (χ4n) is 3.53. The molecule has 0 saturated carbocycles. The Balaban J connectivity index is 1.39. The predicted molar refractivity (Wildman–Crippen MR) is 104 cm³/mol. The number of methoxy groups -OCH3 is 1. The van der Waals surface area contributed by atoms with E-state index in [0.29, 0.717) is 6.54 Å². The van der Waals surface area contributed by atoms with Crippen molar-refractivity contribution < 1.29 is 14.4 Å². The van der Waals surface area contributed by atoms with Crippen LogP contribution in [0.3, 0.4) is 0 Å². The van der Waals surface area contributed by atoms with E-state index in [2.05, 4.69) is 15.0 Å². The first-order valence-electron chi connectivity index (χ1n) is 9.02. The van der Waals surface area contributed by atoms with Crippen molar-refractivity contribution in [3.63, 3.8) is 0 Å². The first-order chi connectivity index (χ1) is 13.1. The Morgan fingerprint density at radius 3 is 3.00 bits per heavy atom. The molecule has 0 unspecified atom stereocenters. The number of hydrogen-bond donors (Lipinski definition) is 1. The maximum atomic E-state index is 10.4. The lowest BCUT2D eigenvalue weighted by molar-refractivity contribution is 0.137. The van der Waals surface area contributed by atoms with E-state index in [9.17, 15) is 5.11 Å². The Labute approximate surface area is 162 Å². The van der Waals surface area contributed by atoms with Crippen LogP contribution in [0, 0.1) is 12.8 Å². The lowest BCUT2D eigenvalue weighted by Gasteiger charge is -2.13. The number of aliphatic hydroxyl groups excluding tert-OH is 1. The van der Waals surface area contributed by atoms with Crippen LogP contribution in [0.15, 0.2) is 41.1 Å². The monoisotopic (exact) mass is 385 g/mol. The number of benzene rings is 1. The van der Waals surface area contributed by atoms with Gasteiger partial charge in [0.25, 0.3) is 0 Å². The lowest BCUT2D eigenvalue weighted by Crippen LogP contribution is -2.20. The molecule has 27 heavy (non-hydrogen) atoms. The number of nitrogens with zero attached hydrogens (tertiary/aromatic N) is 3. The number of hydrogen-bond acceptors (Lipinski definition) is 7. The van der Waals surface area contributed by atoms with Crippen molar-refractivity contribution in [1.29, 1.82) is 0 Å². The highest BCUT2D eigenvalue weighted by Crippen LogP contribution is 2.30. The number of β-amino-alcohol motifs (C(OH)–C–C–N with tert-alkyl or cyclic N) is 1. The van der Waals surface area contributed by atoms with Gasteiger partial charge in [-0.2, -0.15) is 0 Å². The Morgan fingerprint density at radius 2 is 2.22 bits per heavy atom. The van der Waals surface area contributed by atoms with Crippen LogP contribution in [0.5, 0.6) is 5.75 Å². The second-order valence-corrected chi connectivity index (χ2v) is 8.14. The minimum absolute atomic E-state index is 0.170. The lowest BCUT2D eigenvalue weighted by atomic mass is 10.0. The number of ether oxygens (including phenoxy) is 1. The zero-order valence-electron chi connectivity index (χ0n) is 15.5. The first kappa shape index (κ1) is 18.2. The number of rotatable bonds is 6. The average molecular weight is 385 g/mol. The molecule has 0 bridgehead atoms. The molecule has 142 valence electrons. The third-order valence-electron chi connectivity index (χ3n) is 4.87. The molecule has 3 aromatic rings. The van der Waals surface area contributed by atoms with Crippen LogP contribution in [-0.2, 0) is 13.0 Å². The van der Waals surface area contributed by atoms with Gasteiger partial charge >= 0.3 is 0 Å². The smallest absolute Gasteiger partial charge is 0.137 e. The van der Waals surface area contributed by atoms with E-state index in [4.69, 9.17) is 9.26 Å². The van der Waals surface area contributed by atoms with Crippen LogP contribution in [0.1, 0.15) is 16.3 Å². The van der Waals surface area contributed by atoms with Gasteiger partial charge in [0.05, 0.1) is 18.9 Å². The van der Waals surface area contributed by atoms with E-state index >= 15 is 0 Å². The molecule has 0 radical (unpaired) electrons. The van der Waals surface area contributed by atoms with Gasteiger partial charge in [0, 0.05) is 54.7 Å². The molecule has 1 N–H and O–H groups in total. The van der Waals surface area contributed by atoms with Crippen molar-refractivity contribution >= 4 is 11.3 Å². The van der Waals surface area contributed by atoms with Gasteiger partial charge in [-0.05, 0) is 19.1 Å². The average Bonchev–Trinajstić information content (AvgIpc) is 3.37. The van der Waals surface area contributed by atoms with Gasteiger partial charge in [-0.1, -0.05) is 17.3 Å². The molecule has 3 heterocycles. The van der Waals surface area contributed by atoms with Gasteiger partial charge in [0.2, 0.25) is 0 Å². The third-order valence-corrected chi connectivity index (χ3v) is 5.90. The molecule has 0 amide bonds. The number of aromatic nitrogens is 2. The highest BCUT2D eigenvalue weighted by molar-refractivity contribution is 7.15. The molecule has 2 atom stereocenters. The summed E-state index contributed by atoms with van der Waals surface area (Å²) in [6.45, 7) is 4.22. The molecular weight excluding hydrogens is 362 g/mol. The summed E-state index contributed by atoms with van der Waals surface area (Å²) in [6, 6.07) is 9.89. The maximum Gasteiger partial charge on any atom is 0.137 e. The van der Waals surface area contributed by atoms with Crippen LogP contribution in [0.4, 0.5) is 0 Å². The highest BCUT2D eigenvalue weighted by atomic mass is 32.1. The molecule has 4 rings (SSSR count). The zero-order valence-corrected chi connectivity index (χ0v) is 16.3. The molecule has 7 heteroatoms. The summed E-state index contributed by atoms with van der Waals surface area (Å²) < 4.78 is 10.6. The molecule has 1 aliphatic rings. The minimum Gasteiger partial charge on any atom is -0.497 e. The van der Waals surface area contributed by atoms with E-state index in [0.717, 1.165) is 47.3 Å². The molecule has 2 aromatic heterocycles. The predicted octanol–water partition coefficient (Wildman–Crippen LogP) is 3.15. The van der Waals surface area contributed by atoms with Gasteiger partial charge in [-0.25, -0.2) is 4.98 Å². The van der Waals surface area contributed by atoms with Gasteiger partial charge in [0.1, 0.15) is 16.5 Å². The fraction of sp³-hybridized carbons (Fsp3) is 0.400. The second-order valence-electron chi connectivity index (χ2n) is 7.02. The maximum absolute atomic E-state index is 10.4. The van der Waals surface area contributed by atoms with Crippen LogP contribution < -0.4 is 4.74 Å². The molecule has 1 saturated heterocycles. The normalized spacial score (nSPS) is 20.3. The van der Waals surface area contributed by atoms with Gasteiger partial charge in [0.15, 0.2) is 0 Å². The van der Waals surface area contributed by atoms with Crippen LogP contribution in [0.2, 0.25) is 0 Å². The fourth-order valence-corrected chi connectivity index (χ4v) is 4.48. The van der Waals surface area contributed by atoms with Crippen molar-refractivity contribution in [2.45, 2.75) is 26.0 Å². The SMILES string of the molecule is COc1cccc(-c2ncc(CN3C[C@@H](Cc4cc(C)no4)[C@@H](O)C3)s2)c1. The van der Waals surface area contributed by atoms with Gasteiger partial charge in [-0.15, -0.1) is 11.3 Å². The third kappa shape index (κ3) is 4.21. The summed E-state index contributed by atoms with van der Waals surface area (Å²) >= 11 is 1.68. The number of thiazole rings is 1. The molecule has 0 aliphatic carbocycles. The van der Waals surface area contributed by atoms with E-state index in [-0.39, 0.29) is 12.0 Å². The van der Waals surface area contributed by atoms with Crippen LogP contribution in [0.25, 0.3) is 10.6 Å². The van der Waals surface area contributed by atoms with Gasteiger partial charge in [-0.3, -0.25) is 4.90 Å². The first-order valence-corrected chi connectivity index (χ1v) is 9.84. The van der Waals surface area contributed by atoms with Gasteiger partial charge < -0.3 is 14.4 Å². The summed E-state index contributed by atoms with van der Waals surface area (Å²) in [7, 11) is 1.67. The summed E-state index contributed by atoms with van der Waals surface area (Å²) in [5, 5.41) is 15.3. The van der Waals surface area contributed by atoms with E-state index in [1.54, 1.807) is 18.4 Å². The van der Waals surface area contributed by atoms with Crippen molar-refractivity contribution in [3.05, 3.63) is 52.9 Å². The molecular formula is C20H23N3O3S. The van der Waals surface area contributed by atoms with Crippen LogP contribution >= 0.6 is 11.3 Å². The van der Waals surface area contributed by atoms with Crippen molar-refractivity contribution in [1.82, 2.24) is 15.0 Å². The summed E-state index contributed by atoms with van der Waals surface area (Å²) in [5.74, 6) is 1.84. The topological polar surface area (TPSA) is 71.6 Å². The van der Waals surface area contributed by atoms with Crippen molar-refractivity contribution in [2.75, 3.05) is 20.2 Å². The van der Waals surface area contributed by atoms with Crippen molar-refractivity contribution in [3.8, 4) is 16.3 Å².